The van der Waals surface area contributed by atoms with Crippen molar-refractivity contribution >= 4 is 39.2 Å². The summed E-state index contributed by atoms with van der Waals surface area (Å²) in [6.45, 7) is -0.0324. The summed E-state index contributed by atoms with van der Waals surface area (Å²) in [4.78, 5) is 28.7. The minimum atomic E-state index is -3.34. The van der Waals surface area contributed by atoms with Crippen LogP contribution in [0.15, 0.2) is 41.6 Å². The highest BCUT2D eigenvalue weighted by molar-refractivity contribution is 7.98. The predicted octanol–water partition coefficient (Wildman–Crippen LogP) is 2.17. The van der Waals surface area contributed by atoms with Crippen molar-refractivity contribution in [3.8, 4) is 0 Å². The second-order valence-corrected chi connectivity index (χ2v) is 8.69. The number of fused-ring (bicyclic) bond motifs is 1. The monoisotopic (exact) mass is 406 g/mol. The van der Waals surface area contributed by atoms with Crippen LogP contribution in [-0.4, -0.2) is 50.8 Å². The van der Waals surface area contributed by atoms with Gasteiger partial charge in [-0.05, 0) is 48.6 Å². The van der Waals surface area contributed by atoms with Gasteiger partial charge >= 0.3 is 5.97 Å². The molecule has 1 aromatic carbocycles. The van der Waals surface area contributed by atoms with Crippen LogP contribution in [0.2, 0.25) is 0 Å². The van der Waals surface area contributed by atoms with Gasteiger partial charge in [-0.1, -0.05) is 0 Å². The average molecular weight is 406 g/mol. The van der Waals surface area contributed by atoms with Crippen LogP contribution in [0.1, 0.15) is 26.3 Å². The van der Waals surface area contributed by atoms with Gasteiger partial charge in [0.15, 0.2) is 12.4 Å². The number of aromatic nitrogens is 1. The zero-order chi connectivity index (χ0) is 19.6. The number of ether oxygens (including phenoxy) is 1. The third-order valence-electron chi connectivity index (χ3n) is 4.17. The van der Waals surface area contributed by atoms with Gasteiger partial charge in [0, 0.05) is 18.3 Å². The second kappa shape index (κ2) is 7.69. The first-order chi connectivity index (χ1) is 12.8. The fourth-order valence-corrected chi connectivity index (χ4v) is 4.39. The lowest BCUT2D eigenvalue weighted by Gasteiger charge is -2.16. The number of ketones is 1. The molecule has 2 aromatic rings. The van der Waals surface area contributed by atoms with Crippen LogP contribution >= 0.6 is 11.8 Å². The van der Waals surface area contributed by atoms with Crippen molar-refractivity contribution in [2.75, 3.05) is 30.0 Å². The molecule has 0 spiro atoms. The predicted molar refractivity (Wildman–Crippen MR) is 103 cm³/mol. The van der Waals surface area contributed by atoms with Crippen LogP contribution in [0.25, 0.3) is 0 Å². The number of hydrogen-bond donors (Lipinski definition) is 0. The summed E-state index contributed by atoms with van der Waals surface area (Å²) in [7, 11) is -3.34. The van der Waals surface area contributed by atoms with Crippen LogP contribution in [0.3, 0.4) is 0 Å². The van der Waals surface area contributed by atoms with E-state index in [0.717, 1.165) is 11.8 Å². The Morgan fingerprint density at radius 2 is 2.07 bits per heavy atom. The molecule has 0 fully saturated rings. The van der Waals surface area contributed by atoms with Crippen LogP contribution in [0.5, 0.6) is 0 Å². The van der Waals surface area contributed by atoms with Gasteiger partial charge in [-0.25, -0.2) is 18.2 Å². The molecule has 1 aliphatic heterocycles. The van der Waals surface area contributed by atoms with E-state index in [4.69, 9.17) is 4.74 Å². The Morgan fingerprint density at radius 1 is 1.30 bits per heavy atom. The van der Waals surface area contributed by atoms with Crippen LogP contribution in [0.4, 0.5) is 5.69 Å². The maximum atomic E-state index is 12.4. The molecular weight excluding hydrogens is 388 g/mol. The Morgan fingerprint density at radius 3 is 2.78 bits per heavy atom. The van der Waals surface area contributed by atoms with E-state index in [2.05, 4.69) is 4.98 Å². The van der Waals surface area contributed by atoms with Crippen LogP contribution < -0.4 is 4.31 Å². The number of benzene rings is 1. The lowest BCUT2D eigenvalue weighted by Crippen LogP contribution is -2.27. The van der Waals surface area contributed by atoms with Crippen molar-refractivity contribution < 1.29 is 22.7 Å². The second-order valence-electron chi connectivity index (χ2n) is 5.99. The molecule has 0 N–H and O–H groups in total. The number of rotatable bonds is 6. The van der Waals surface area contributed by atoms with Crippen molar-refractivity contribution in [3.63, 3.8) is 0 Å². The summed E-state index contributed by atoms with van der Waals surface area (Å²) in [5, 5.41) is 0.536. The maximum Gasteiger partial charge on any atom is 0.341 e. The number of anilines is 1. The number of nitrogens with zero attached hydrogens (tertiary/aromatic N) is 2. The van der Waals surface area contributed by atoms with Gasteiger partial charge in [0.05, 0.1) is 17.5 Å². The van der Waals surface area contributed by atoms with Gasteiger partial charge < -0.3 is 4.74 Å². The highest BCUT2D eigenvalue weighted by atomic mass is 32.2. The summed E-state index contributed by atoms with van der Waals surface area (Å²) in [5.74, 6) is -0.955. The van der Waals surface area contributed by atoms with Crippen molar-refractivity contribution in [1.29, 1.82) is 0 Å². The Hall–Kier alpha value is -2.39. The average Bonchev–Trinajstić information content (AvgIpc) is 3.09. The molecule has 0 bridgehead atoms. The number of hydrogen-bond acceptors (Lipinski definition) is 7. The summed E-state index contributed by atoms with van der Waals surface area (Å²) in [6.07, 6.45) is 5.07. The van der Waals surface area contributed by atoms with Crippen molar-refractivity contribution in [1.82, 2.24) is 4.98 Å². The minimum Gasteiger partial charge on any atom is -0.454 e. The van der Waals surface area contributed by atoms with Gasteiger partial charge in [0.2, 0.25) is 10.0 Å². The van der Waals surface area contributed by atoms with E-state index in [1.165, 1.54) is 16.1 Å². The van der Waals surface area contributed by atoms with Crippen LogP contribution in [-0.2, 0) is 21.2 Å². The molecule has 0 saturated carbocycles. The smallest absolute Gasteiger partial charge is 0.341 e. The lowest BCUT2D eigenvalue weighted by atomic mass is 10.1. The van der Waals surface area contributed by atoms with E-state index in [0.29, 0.717) is 34.8 Å². The highest BCUT2D eigenvalue weighted by Crippen LogP contribution is 2.30. The van der Waals surface area contributed by atoms with E-state index < -0.39 is 22.6 Å². The lowest BCUT2D eigenvalue weighted by molar-refractivity contribution is 0.0470. The van der Waals surface area contributed by atoms with Gasteiger partial charge in [0.25, 0.3) is 0 Å². The standard InChI is InChI=1S/C18H18N2O5S2/c1-26-17-14(4-3-8-19-17)18(22)25-11-16(21)13-5-6-15-12(10-13)7-9-20(15)27(2,23)24/h3-6,8,10H,7,9,11H2,1-2H3. The zero-order valence-electron chi connectivity index (χ0n) is 14.8. The Bertz CT molecular complexity index is 1000. The van der Waals surface area contributed by atoms with Gasteiger partial charge in [0.1, 0.15) is 5.03 Å². The normalized spacial score (nSPS) is 13.3. The van der Waals surface area contributed by atoms with E-state index in [9.17, 15) is 18.0 Å². The fraction of sp³-hybridized carbons (Fsp3) is 0.278. The molecule has 9 heteroatoms. The third kappa shape index (κ3) is 4.14. The topological polar surface area (TPSA) is 93.6 Å². The SMILES string of the molecule is CSc1ncccc1C(=O)OCC(=O)c1ccc2c(c1)CCN2S(C)(=O)=O. The molecule has 1 aliphatic rings. The molecule has 2 heterocycles. The number of pyridine rings is 1. The first kappa shape index (κ1) is 19.4. The number of carbonyl (C=O) groups is 2. The molecule has 1 aromatic heterocycles. The summed E-state index contributed by atoms with van der Waals surface area (Å²) in [6, 6.07) is 8.06. The number of sulfonamides is 1. The van der Waals surface area contributed by atoms with E-state index in [-0.39, 0.29) is 5.78 Å². The number of Topliss-reactive ketones (excluding diaryl/α,β-unsaturated/α-hetero) is 1. The summed E-state index contributed by atoms with van der Waals surface area (Å²) >= 11 is 1.32. The van der Waals surface area contributed by atoms with Gasteiger partial charge in [-0.3, -0.25) is 9.10 Å². The molecule has 0 amide bonds. The Kier molecular flexibility index (Phi) is 5.52. The summed E-state index contributed by atoms with van der Waals surface area (Å²) in [5.41, 5.74) is 2.07. The van der Waals surface area contributed by atoms with Crippen molar-refractivity contribution in [2.45, 2.75) is 11.4 Å². The molecule has 27 heavy (non-hydrogen) atoms. The van der Waals surface area contributed by atoms with Crippen molar-refractivity contribution in [2.24, 2.45) is 0 Å². The quantitative estimate of drug-likeness (QED) is 0.412. The third-order valence-corrected chi connectivity index (χ3v) is 6.07. The Balaban J connectivity index is 1.70. The largest absolute Gasteiger partial charge is 0.454 e. The first-order valence-electron chi connectivity index (χ1n) is 8.11. The maximum absolute atomic E-state index is 12.4. The van der Waals surface area contributed by atoms with Gasteiger partial charge in [-0.2, -0.15) is 0 Å². The highest BCUT2D eigenvalue weighted by Gasteiger charge is 2.27. The van der Waals surface area contributed by atoms with Gasteiger partial charge in [-0.15, -0.1) is 11.8 Å². The Labute approximate surface area is 161 Å². The molecule has 142 valence electrons. The molecule has 0 radical (unpaired) electrons. The minimum absolute atomic E-state index is 0.315. The number of thioether (sulfide) groups is 1. The number of esters is 1. The number of carbonyl (C=O) groups excluding carboxylic acids is 2. The molecule has 3 rings (SSSR count). The molecule has 0 atom stereocenters. The van der Waals surface area contributed by atoms with E-state index in [1.807, 2.05) is 0 Å². The molecule has 7 nitrogen and oxygen atoms in total. The first-order valence-corrected chi connectivity index (χ1v) is 11.2. The zero-order valence-corrected chi connectivity index (χ0v) is 16.5. The van der Waals surface area contributed by atoms with Crippen molar-refractivity contribution in [3.05, 3.63) is 53.2 Å². The van der Waals surface area contributed by atoms with Crippen LogP contribution in [0, 0.1) is 0 Å². The molecular formula is C18H18N2O5S2. The summed E-state index contributed by atoms with van der Waals surface area (Å²) < 4.78 is 30.0. The van der Waals surface area contributed by atoms with E-state index >= 15 is 0 Å². The molecule has 0 unspecified atom stereocenters. The molecule has 0 saturated heterocycles. The molecule has 0 aliphatic carbocycles. The fourth-order valence-electron chi connectivity index (χ4n) is 2.89. The van der Waals surface area contributed by atoms with E-state index in [1.54, 1.807) is 42.8 Å².